The number of pyridine rings is 2. The van der Waals surface area contributed by atoms with Gasteiger partial charge in [-0.2, -0.15) is 0 Å². The number of ether oxygens (including phenoxy) is 2. The molecule has 0 bridgehead atoms. The molecular weight excluding hydrogens is 687 g/mol. The van der Waals surface area contributed by atoms with Crippen LogP contribution >= 0.6 is 11.6 Å². The van der Waals surface area contributed by atoms with E-state index in [9.17, 15) is 33.5 Å². The summed E-state index contributed by atoms with van der Waals surface area (Å²) in [5.74, 6) is -3.18. The van der Waals surface area contributed by atoms with Gasteiger partial charge in [0.2, 0.25) is 17.7 Å². The third-order valence-corrected chi connectivity index (χ3v) is 10.2. The number of amides is 3. The maximum absolute atomic E-state index is 14.7. The van der Waals surface area contributed by atoms with Crippen molar-refractivity contribution in [2.45, 2.75) is 90.4 Å². The number of fused-ring (bicyclic) bond motifs is 5. The Balaban J connectivity index is 1.24. The molecule has 3 aliphatic rings. The van der Waals surface area contributed by atoms with Gasteiger partial charge in [0.15, 0.2) is 5.60 Å². The fourth-order valence-corrected chi connectivity index (χ4v) is 6.66. The quantitative estimate of drug-likeness (QED) is 0.106. The maximum Gasteiger partial charge on any atom is 0.343 e. The summed E-state index contributed by atoms with van der Waals surface area (Å²) in [7, 11) is 0. The summed E-state index contributed by atoms with van der Waals surface area (Å²) in [4.78, 5) is 69.5. The molecule has 3 aromatic rings. The summed E-state index contributed by atoms with van der Waals surface area (Å²) in [5, 5.41) is 19.6. The molecule has 1 aliphatic carbocycles. The van der Waals surface area contributed by atoms with Crippen molar-refractivity contribution in [1.82, 2.24) is 25.5 Å². The fraction of sp³-hybridized carbons (Fsp3) is 0.486. The van der Waals surface area contributed by atoms with E-state index in [1.165, 1.54) is 23.6 Å². The van der Waals surface area contributed by atoms with E-state index in [4.69, 9.17) is 26.8 Å². The van der Waals surface area contributed by atoms with Crippen LogP contribution in [0.3, 0.4) is 0 Å². The van der Waals surface area contributed by atoms with E-state index in [1.807, 2.05) is 0 Å². The highest BCUT2D eigenvalue weighted by atomic mass is 35.5. The lowest BCUT2D eigenvalue weighted by molar-refractivity contribution is -0.172. The molecule has 2 aromatic heterocycles. The van der Waals surface area contributed by atoms with Gasteiger partial charge in [-0.3, -0.25) is 19.2 Å². The molecule has 0 spiro atoms. The summed E-state index contributed by atoms with van der Waals surface area (Å²) in [6.07, 6.45) is 0.556. The maximum atomic E-state index is 14.7. The number of hydrogen-bond donors (Lipinski definition) is 5. The molecule has 4 heterocycles. The molecule has 0 unspecified atom stereocenters. The highest BCUT2D eigenvalue weighted by Crippen LogP contribution is 2.41. The third kappa shape index (κ3) is 6.70. The minimum Gasteiger partial charge on any atom is -0.458 e. The van der Waals surface area contributed by atoms with Crippen molar-refractivity contribution in [3.63, 3.8) is 0 Å². The van der Waals surface area contributed by atoms with Gasteiger partial charge in [0, 0.05) is 29.1 Å². The predicted octanol–water partition coefficient (Wildman–Crippen LogP) is 1.85. The summed E-state index contributed by atoms with van der Waals surface area (Å²) >= 11 is 6.19. The largest absolute Gasteiger partial charge is 0.458 e. The molecule has 2 aliphatic heterocycles. The number of esters is 1. The molecule has 51 heavy (non-hydrogen) atoms. The Morgan fingerprint density at radius 1 is 1.14 bits per heavy atom. The number of benzene rings is 1. The highest BCUT2D eigenvalue weighted by molar-refractivity contribution is 6.31. The third-order valence-electron chi connectivity index (χ3n) is 9.88. The minimum atomic E-state index is -2.02. The summed E-state index contributed by atoms with van der Waals surface area (Å²) in [6.45, 7) is 6.11. The normalized spacial score (nSPS) is 19.4. The van der Waals surface area contributed by atoms with Crippen molar-refractivity contribution in [2.24, 2.45) is 17.6 Å². The molecule has 1 aromatic carbocycles. The Bertz CT molecular complexity index is 2020. The first-order chi connectivity index (χ1) is 24.2. The number of nitrogens with one attached hydrogen (secondary N) is 3. The van der Waals surface area contributed by atoms with Gasteiger partial charge in [-0.15, -0.1) is 0 Å². The van der Waals surface area contributed by atoms with Crippen molar-refractivity contribution in [3.8, 4) is 11.4 Å². The minimum absolute atomic E-state index is 0.0305. The van der Waals surface area contributed by atoms with Gasteiger partial charge in [-0.25, -0.2) is 14.2 Å². The lowest BCUT2D eigenvalue weighted by Crippen LogP contribution is -2.52. The molecule has 6 rings (SSSR count). The van der Waals surface area contributed by atoms with Gasteiger partial charge in [-0.1, -0.05) is 32.4 Å². The Hall–Kier alpha value is -4.44. The van der Waals surface area contributed by atoms with Crippen LogP contribution in [0.15, 0.2) is 23.0 Å². The van der Waals surface area contributed by atoms with Gasteiger partial charge in [0.05, 0.1) is 40.1 Å². The zero-order valence-corrected chi connectivity index (χ0v) is 29.4. The first kappa shape index (κ1) is 36.4. The van der Waals surface area contributed by atoms with Crippen molar-refractivity contribution in [3.05, 3.63) is 61.6 Å². The number of nitrogens with zero attached hydrogens (tertiary/aromatic N) is 2. The summed E-state index contributed by atoms with van der Waals surface area (Å²) in [5.41, 5.74) is 5.64. The molecule has 4 atom stereocenters. The fourth-order valence-electron chi connectivity index (χ4n) is 6.49. The van der Waals surface area contributed by atoms with Crippen molar-refractivity contribution in [2.75, 3.05) is 6.73 Å². The molecule has 0 saturated heterocycles. The standard InChI is InChI=1S/C35H40ClFN6O8/c1-5-35(49)22-9-26-28-20(12-43(26)33(47)21(22)13-50-34(35)48)19(18-8-23(36)24(37)10-25(18)42-28)11-39-32(46)29(17-6-7-17)51-14-40-30(44)16(4)41-31(45)27(38)15(2)3/h8-10,15-17,27,29,49H,5-7,11-14,38H2,1-4H3,(H,39,46)(H,40,44)(H,41,45)/t16-,27-,29-,35-/m0/s1. The Morgan fingerprint density at radius 3 is 2.53 bits per heavy atom. The van der Waals surface area contributed by atoms with E-state index in [1.54, 1.807) is 26.8 Å². The number of carbonyl (C=O) groups is 4. The molecule has 3 amide bonds. The molecule has 1 fully saturated rings. The SMILES string of the molecule is CC[C@@]1(O)C(=O)OCc2c1cc1n(c2=O)Cc2c-1nc1cc(F)c(Cl)cc1c2CNC(=O)[C@@H](OCNC(=O)[C@H](C)NC(=O)[C@@H](N)C(C)C)C1CC1. The van der Waals surface area contributed by atoms with Crippen LogP contribution in [0.5, 0.6) is 0 Å². The second-order valence-corrected chi connectivity index (χ2v) is 14.0. The zero-order chi connectivity index (χ0) is 36.9. The van der Waals surface area contributed by atoms with E-state index < -0.39 is 58.9 Å². The average molecular weight is 727 g/mol. The topological polar surface area (TPSA) is 204 Å². The van der Waals surface area contributed by atoms with Crippen LogP contribution in [-0.4, -0.2) is 63.3 Å². The van der Waals surface area contributed by atoms with Gasteiger partial charge >= 0.3 is 5.97 Å². The number of aromatic nitrogens is 2. The molecule has 1 saturated carbocycles. The van der Waals surface area contributed by atoms with Crippen molar-refractivity contribution >= 4 is 46.2 Å². The van der Waals surface area contributed by atoms with E-state index in [2.05, 4.69) is 20.9 Å². The monoisotopic (exact) mass is 726 g/mol. The number of carbonyl (C=O) groups excluding carboxylic acids is 4. The van der Waals surface area contributed by atoms with Crippen LogP contribution in [0, 0.1) is 17.7 Å². The predicted molar refractivity (Wildman–Crippen MR) is 182 cm³/mol. The molecular formula is C35H40ClFN6O8. The molecule has 0 radical (unpaired) electrons. The van der Waals surface area contributed by atoms with Gasteiger partial charge in [-0.05, 0) is 55.7 Å². The van der Waals surface area contributed by atoms with Gasteiger partial charge in [0.25, 0.3) is 5.56 Å². The molecule has 272 valence electrons. The summed E-state index contributed by atoms with van der Waals surface area (Å²) < 4.78 is 27.2. The second kappa shape index (κ2) is 13.9. The number of hydrogen-bond acceptors (Lipinski definition) is 10. The Labute approximate surface area is 297 Å². The molecule has 14 nitrogen and oxygen atoms in total. The lowest BCUT2D eigenvalue weighted by atomic mass is 9.86. The Morgan fingerprint density at radius 2 is 1.86 bits per heavy atom. The lowest BCUT2D eigenvalue weighted by Gasteiger charge is -2.31. The smallest absolute Gasteiger partial charge is 0.343 e. The number of cyclic esters (lactones) is 1. The van der Waals surface area contributed by atoms with Crippen LogP contribution < -0.4 is 27.2 Å². The average Bonchev–Trinajstić information content (AvgIpc) is 3.87. The number of aliphatic hydroxyl groups is 1. The first-order valence-corrected chi connectivity index (χ1v) is 17.2. The van der Waals surface area contributed by atoms with Crippen molar-refractivity contribution in [1.29, 1.82) is 0 Å². The highest BCUT2D eigenvalue weighted by Gasteiger charge is 2.45. The van der Waals surface area contributed by atoms with Crippen LogP contribution in [0.2, 0.25) is 5.02 Å². The number of nitrogens with two attached hydrogens (primary N) is 1. The number of rotatable bonds is 12. The van der Waals surface area contributed by atoms with Crippen LogP contribution in [0.1, 0.15) is 69.2 Å². The van der Waals surface area contributed by atoms with E-state index in [0.717, 1.165) is 12.8 Å². The zero-order valence-electron chi connectivity index (χ0n) is 28.6. The van der Waals surface area contributed by atoms with Crippen LogP contribution in [0.25, 0.3) is 22.3 Å². The molecule has 6 N–H and O–H groups in total. The first-order valence-electron chi connectivity index (χ1n) is 16.9. The van der Waals surface area contributed by atoms with E-state index in [-0.39, 0.29) is 66.4 Å². The second-order valence-electron chi connectivity index (χ2n) is 13.6. The van der Waals surface area contributed by atoms with Gasteiger partial charge in [0.1, 0.15) is 31.3 Å². The van der Waals surface area contributed by atoms with Gasteiger partial charge < -0.3 is 40.8 Å². The van der Waals surface area contributed by atoms with E-state index >= 15 is 0 Å². The van der Waals surface area contributed by atoms with Crippen LogP contribution in [-0.2, 0) is 53.9 Å². The molecule has 16 heteroatoms. The van der Waals surface area contributed by atoms with E-state index in [0.29, 0.717) is 27.9 Å². The number of halogens is 2. The van der Waals surface area contributed by atoms with Crippen LogP contribution in [0.4, 0.5) is 4.39 Å². The Kier molecular flexibility index (Phi) is 9.94. The summed E-state index contributed by atoms with van der Waals surface area (Å²) in [6, 6.07) is 2.48. The van der Waals surface area contributed by atoms with Crippen molar-refractivity contribution < 1.29 is 38.1 Å².